The van der Waals surface area contributed by atoms with Crippen LogP contribution in [-0.2, 0) is 0 Å². The number of rotatable bonds is 6. The van der Waals surface area contributed by atoms with Gasteiger partial charge < -0.3 is 16.0 Å². The average molecular weight is 416 g/mol. The second-order valence-electron chi connectivity index (χ2n) is 8.13. The van der Waals surface area contributed by atoms with Gasteiger partial charge in [0.1, 0.15) is 0 Å². The molecule has 3 rings (SSSR count). The van der Waals surface area contributed by atoms with E-state index >= 15 is 0 Å². The largest absolute Gasteiger partial charge is 0.323 e. The number of carbonyl (C=O) groups excluding carboxylic acids is 2. The summed E-state index contributed by atoms with van der Waals surface area (Å²) in [6.45, 7) is 8.49. The summed E-state index contributed by atoms with van der Waals surface area (Å²) in [4.78, 5) is 25.3. The maximum atomic E-state index is 12.8. The molecule has 3 N–H and O–H groups in total. The normalized spacial score (nSPS) is 10.8. The van der Waals surface area contributed by atoms with E-state index in [2.05, 4.69) is 43.6 Å². The third kappa shape index (κ3) is 5.95. The molecule has 0 unspecified atom stereocenters. The topological polar surface area (TPSA) is 70.2 Å². The average Bonchev–Trinajstić information content (AvgIpc) is 2.74. The van der Waals surface area contributed by atoms with Crippen molar-refractivity contribution < 1.29 is 9.59 Å². The molecule has 0 heterocycles. The number of benzene rings is 3. The molecule has 5 nitrogen and oxygen atoms in total. The van der Waals surface area contributed by atoms with Crippen molar-refractivity contribution in [2.75, 3.05) is 16.0 Å². The molecule has 0 saturated carbocycles. The fourth-order valence-corrected chi connectivity index (χ4v) is 3.18. The Morgan fingerprint density at radius 2 is 1.10 bits per heavy atom. The molecule has 0 fully saturated rings. The molecule has 5 heteroatoms. The first-order valence-electron chi connectivity index (χ1n) is 10.5. The Morgan fingerprint density at radius 1 is 0.613 bits per heavy atom. The predicted molar refractivity (Wildman–Crippen MR) is 128 cm³/mol. The van der Waals surface area contributed by atoms with Gasteiger partial charge in [0.15, 0.2) is 0 Å². The van der Waals surface area contributed by atoms with Gasteiger partial charge in [-0.1, -0.05) is 64.1 Å². The summed E-state index contributed by atoms with van der Waals surface area (Å²) in [5.74, 6) is 0.569. The molecular weight excluding hydrogens is 386 g/mol. The molecule has 0 aliphatic rings. The van der Waals surface area contributed by atoms with E-state index in [1.54, 1.807) is 24.3 Å². The van der Waals surface area contributed by atoms with Gasteiger partial charge in [-0.25, -0.2) is 4.79 Å². The van der Waals surface area contributed by atoms with E-state index < -0.39 is 6.03 Å². The van der Waals surface area contributed by atoms with E-state index in [0.29, 0.717) is 34.5 Å². The minimum atomic E-state index is -0.404. The summed E-state index contributed by atoms with van der Waals surface area (Å²) < 4.78 is 0. The lowest BCUT2D eigenvalue weighted by Crippen LogP contribution is -2.22. The van der Waals surface area contributed by atoms with Gasteiger partial charge in [0.05, 0.1) is 11.3 Å². The monoisotopic (exact) mass is 415 g/mol. The Hall–Kier alpha value is -3.60. The summed E-state index contributed by atoms with van der Waals surface area (Å²) in [5, 5.41) is 8.48. The van der Waals surface area contributed by atoms with Crippen LogP contribution in [0.5, 0.6) is 0 Å². The minimum absolute atomic E-state index is 0.283. The fraction of sp³-hybridized carbons (Fsp3) is 0.231. The molecule has 0 radical (unpaired) electrons. The van der Waals surface area contributed by atoms with Crippen molar-refractivity contribution in [1.29, 1.82) is 0 Å². The maximum Gasteiger partial charge on any atom is 0.323 e. The van der Waals surface area contributed by atoms with Gasteiger partial charge in [0.25, 0.3) is 5.91 Å². The van der Waals surface area contributed by atoms with Crippen LogP contribution in [0.15, 0.2) is 72.8 Å². The molecule has 31 heavy (non-hydrogen) atoms. The number of urea groups is 1. The lowest BCUT2D eigenvalue weighted by atomic mass is 10.0. The first-order valence-corrected chi connectivity index (χ1v) is 10.5. The number of hydrogen-bond donors (Lipinski definition) is 3. The Labute approximate surface area is 183 Å². The molecule has 0 aliphatic carbocycles. The zero-order chi connectivity index (χ0) is 22.4. The Morgan fingerprint density at radius 3 is 1.61 bits per heavy atom. The Kier molecular flexibility index (Phi) is 7.08. The lowest BCUT2D eigenvalue weighted by Gasteiger charge is -2.13. The third-order valence-electron chi connectivity index (χ3n) is 5.09. The van der Waals surface area contributed by atoms with Crippen LogP contribution in [0.4, 0.5) is 21.9 Å². The molecule has 160 valence electrons. The molecule has 0 aliphatic heterocycles. The summed E-state index contributed by atoms with van der Waals surface area (Å²) >= 11 is 0. The first-order chi connectivity index (χ1) is 14.8. The van der Waals surface area contributed by atoms with E-state index in [1.807, 2.05) is 48.5 Å². The van der Waals surface area contributed by atoms with Crippen molar-refractivity contribution >= 4 is 29.0 Å². The molecule has 3 aromatic carbocycles. The highest BCUT2D eigenvalue weighted by atomic mass is 16.2. The van der Waals surface area contributed by atoms with E-state index in [4.69, 9.17) is 0 Å². The number of nitrogens with one attached hydrogen (secondary N) is 3. The van der Waals surface area contributed by atoms with Gasteiger partial charge in [-0.3, -0.25) is 4.79 Å². The summed E-state index contributed by atoms with van der Waals surface area (Å²) in [7, 11) is 0. The van der Waals surface area contributed by atoms with Crippen molar-refractivity contribution in [3.8, 4) is 0 Å². The summed E-state index contributed by atoms with van der Waals surface area (Å²) in [5.41, 5.74) is 4.64. The summed E-state index contributed by atoms with van der Waals surface area (Å²) in [6.07, 6.45) is 0. The van der Waals surface area contributed by atoms with Gasteiger partial charge in [0, 0.05) is 11.4 Å². The molecule has 0 bridgehead atoms. The van der Waals surface area contributed by atoms with Crippen LogP contribution >= 0.6 is 0 Å². The number of para-hydroxylation sites is 1. The van der Waals surface area contributed by atoms with Gasteiger partial charge in [0.2, 0.25) is 0 Å². The molecule has 3 aromatic rings. The predicted octanol–water partition coefficient (Wildman–Crippen LogP) is 6.83. The number of carbonyl (C=O) groups is 2. The quantitative estimate of drug-likeness (QED) is 0.413. The van der Waals surface area contributed by atoms with Crippen molar-refractivity contribution in [3.05, 3.63) is 89.5 Å². The Bertz CT molecular complexity index is 1040. The van der Waals surface area contributed by atoms with Crippen molar-refractivity contribution in [2.45, 2.75) is 39.5 Å². The standard InChI is InChI=1S/C26H29N3O2/c1-17(2)19-9-13-21(14-10-19)27-25(30)23-7-5-6-8-24(23)29-26(31)28-22-15-11-20(12-16-22)18(3)4/h5-18H,1-4H3,(H,27,30)(H2,28,29,31). The lowest BCUT2D eigenvalue weighted by molar-refractivity contribution is 0.102. The zero-order valence-corrected chi connectivity index (χ0v) is 18.4. The molecule has 0 aromatic heterocycles. The van der Waals surface area contributed by atoms with E-state index in [-0.39, 0.29) is 5.91 Å². The minimum Gasteiger partial charge on any atom is -0.322 e. The molecule has 3 amide bonds. The van der Waals surface area contributed by atoms with Gasteiger partial charge in [-0.05, 0) is 59.4 Å². The van der Waals surface area contributed by atoms with Crippen LogP contribution in [0.2, 0.25) is 0 Å². The smallest absolute Gasteiger partial charge is 0.322 e. The van der Waals surface area contributed by atoms with Crippen LogP contribution < -0.4 is 16.0 Å². The number of anilines is 3. The molecule has 0 atom stereocenters. The van der Waals surface area contributed by atoms with Crippen molar-refractivity contribution in [3.63, 3.8) is 0 Å². The molecule has 0 saturated heterocycles. The summed E-state index contributed by atoms with van der Waals surface area (Å²) in [6, 6.07) is 22.0. The number of hydrogen-bond acceptors (Lipinski definition) is 2. The second kappa shape index (κ2) is 9.94. The van der Waals surface area contributed by atoms with Crippen molar-refractivity contribution in [2.24, 2.45) is 0 Å². The van der Waals surface area contributed by atoms with Crippen LogP contribution in [0.3, 0.4) is 0 Å². The van der Waals surface area contributed by atoms with Crippen LogP contribution in [0.1, 0.15) is 61.0 Å². The highest BCUT2D eigenvalue weighted by Gasteiger charge is 2.14. The highest BCUT2D eigenvalue weighted by molar-refractivity contribution is 6.11. The highest BCUT2D eigenvalue weighted by Crippen LogP contribution is 2.21. The molecular formula is C26H29N3O2. The van der Waals surface area contributed by atoms with E-state index in [0.717, 1.165) is 0 Å². The third-order valence-corrected chi connectivity index (χ3v) is 5.09. The van der Waals surface area contributed by atoms with Crippen LogP contribution in [0, 0.1) is 0 Å². The second-order valence-corrected chi connectivity index (χ2v) is 8.13. The van der Waals surface area contributed by atoms with Gasteiger partial charge in [-0.15, -0.1) is 0 Å². The van der Waals surface area contributed by atoms with E-state index in [1.165, 1.54) is 11.1 Å². The van der Waals surface area contributed by atoms with Crippen LogP contribution in [-0.4, -0.2) is 11.9 Å². The Balaban J connectivity index is 1.67. The molecule has 0 spiro atoms. The zero-order valence-electron chi connectivity index (χ0n) is 18.4. The first kappa shape index (κ1) is 22.1. The van der Waals surface area contributed by atoms with E-state index in [9.17, 15) is 9.59 Å². The maximum absolute atomic E-state index is 12.8. The SMILES string of the molecule is CC(C)c1ccc(NC(=O)Nc2ccccc2C(=O)Nc2ccc(C(C)C)cc2)cc1. The van der Waals surface area contributed by atoms with Crippen molar-refractivity contribution in [1.82, 2.24) is 0 Å². The fourth-order valence-electron chi connectivity index (χ4n) is 3.18. The van der Waals surface area contributed by atoms with Gasteiger partial charge >= 0.3 is 6.03 Å². The van der Waals surface area contributed by atoms with Crippen LogP contribution in [0.25, 0.3) is 0 Å². The number of amides is 3. The van der Waals surface area contributed by atoms with Gasteiger partial charge in [-0.2, -0.15) is 0 Å².